The minimum absolute atomic E-state index is 0.0645. The molecule has 0 aromatic heterocycles. The van der Waals surface area contributed by atoms with Gasteiger partial charge < -0.3 is 15.7 Å². The van der Waals surface area contributed by atoms with Crippen LogP contribution in [-0.2, 0) is 11.3 Å². The van der Waals surface area contributed by atoms with Crippen molar-refractivity contribution in [2.45, 2.75) is 47.3 Å². The summed E-state index contributed by atoms with van der Waals surface area (Å²) >= 11 is 0. The molecule has 0 saturated heterocycles. The van der Waals surface area contributed by atoms with E-state index in [2.05, 4.69) is 24.5 Å². The highest BCUT2D eigenvalue weighted by Gasteiger charge is 2.29. The molecule has 0 fully saturated rings. The topological polar surface area (TPSA) is 61.4 Å². The Morgan fingerprint density at radius 3 is 2.29 bits per heavy atom. The standard InChI is InChI=1S/C17H28N2O2/c1-12(2)16(21)17(4,5)11-18-10-14-6-8-15(9-7-14)19-13(3)20/h6-9,12,16,18,21H,10-11H2,1-5H3,(H,19,20). The summed E-state index contributed by atoms with van der Waals surface area (Å²) in [4.78, 5) is 11.0. The summed E-state index contributed by atoms with van der Waals surface area (Å²) in [6.07, 6.45) is -0.327. The smallest absolute Gasteiger partial charge is 0.221 e. The number of hydrogen-bond donors (Lipinski definition) is 3. The van der Waals surface area contributed by atoms with Crippen molar-refractivity contribution in [2.24, 2.45) is 11.3 Å². The lowest BCUT2D eigenvalue weighted by atomic mass is 9.80. The third-order valence-electron chi connectivity index (χ3n) is 3.62. The van der Waals surface area contributed by atoms with E-state index in [9.17, 15) is 9.90 Å². The Morgan fingerprint density at radius 1 is 1.24 bits per heavy atom. The van der Waals surface area contributed by atoms with E-state index in [1.54, 1.807) is 0 Å². The van der Waals surface area contributed by atoms with Crippen LogP contribution in [0.1, 0.15) is 40.2 Å². The zero-order chi connectivity index (χ0) is 16.0. The molecule has 0 radical (unpaired) electrons. The average Bonchev–Trinajstić information content (AvgIpc) is 2.39. The fraction of sp³-hybridized carbons (Fsp3) is 0.588. The van der Waals surface area contributed by atoms with E-state index in [-0.39, 0.29) is 23.3 Å². The van der Waals surface area contributed by atoms with Crippen LogP contribution >= 0.6 is 0 Å². The molecule has 0 aliphatic carbocycles. The number of carbonyl (C=O) groups excluding carboxylic acids is 1. The van der Waals surface area contributed by atoms with Crippen molar-refractivity contribution >= 4 is 11.6 Å². The Labute approximate surface area is 128 Å². The highest BCUT2D eigenvalue weighted by molar-refractivity contribution is 5.88. The van der Waals surface area contributed by atoms with Crippen LogP contribution in [0.2, 0.25) is 0 Å². The monoisotopic (exact) mass is 292 g/mol. The molecule has 1 unspecified atom stereocenters. The molecule has 21 heavy (non-hydrogen) atoms. The Morgan fingerprint density at radius 2 is 1.81 bits per heavy atom. The first-order chi connectivity index (χ1) is 9.72. The molecular formula is C17H28N2O2. The van der Waals surface area contributed by atoms with E-state index in [1.165, 1.54) is 6.92 Å². The largest absolute Gasteiger partial charge is 0.392 e. The molecule has 1 aromatic carbocycles. The predicted octanol–water partition coefficient (Wildman–Crippen LogP) is 2.78. The first-order valence-electron chi connectivity index (χ1n) is 7.47. The molecule has 0 heterocycles. The van der Waals surface area contributed by atoms with Crippen molar-refractivity contribution in [1.29, 1.82) is 0 Å². The highest BCUT2D eigenvalue weighted by atomic mass is 16.3. The van der Waals surface area contributed by atoms with Gasteiger partial charge in [0.15, 0.2) is 0 Å². The van der Waals surface area contributed by atoms with Gasteiger partial charge in [0.1, 0.15) is 0 Å². The molecule has 1 aromatic rings. The average molecular weight is 292 g/mol. The van der Waals surface area contributed by atoms with E-state index in [4.69, 9.17) is 0 Å². The number of rotatable bonds is 7. The maximum atomic E-state index is 11.0. The second kappa shape index (κ2) is 7.57. The second-order valence-corrected chi connectivity index (χ2v) is 6.66. The van der Waals surface area contributed by atoms with Gasteiger partial charge in [-0.05, 0) is 23.6 Å². The molecule has 3 N–H and O–H groups in total. The lowest BCUT2D eigenvalue weighted by Gasteiger charge is -2.33. The minimum atomic E-state index is -0.327. The lowest BCUT2D eigenvalue weighted by molar-refractivity contribution is -0.114. The quantitative estimate of drug-likeness (QED) is 0.724. The predicted molar refractivity (Wildman–Crippen MR) is 87.1 cm³/mol. The van der Waals surface area contributed by atoms with Crippen molar-refractivity contribution in [2.75, 3.05) is 11.9 Å². The summed E-state index contributed by atoms with van der Waals surface area (Å²) < 4.78 is 0. The molecule has 1 amide bonds. The fourth-order valence-corrected chi connectivity index (χ4v) is 2.45. The van der Waals surface area contributed by atoms with Crippen LogP contribution in [0.15, 0.2) is 24.3 Å². The molecule has 0 saturated carbocycles. The van der Waals surface area contributed by atoms with Gasteiger partial charge >= 0.3 is 0 Å². The summed E-state index contributed by atoms with van der Waals surface area (Å²) in [5.41, 5.74) is 1.80. The summed E-state index contributed by atoms with van der Waals surface area (Å²) in [6.45, 7) is 11.2. The van der Waals surface area contributed by atoms with Crippen LogP contribution in [-0.4, -0.2) is 23.7 Å². The zero-order valence-electron chi connectivity index (χ0n) is 13.7. The number of aliphatic hydroxyl groups is 1. The van der Waals surface area contributed by atoms with E-state index >= 15 is 0 Å². The van der Waals surface area contributed by atoms with Crippen LogP contribution in [0.4, 0.5) is 5.69 Å². The van der Waals surface area contributed by atoms with Crippen molar-refractivity contribution in [3.05, 3.63) is 29.8 Å². The summed E-state index contributed by atoms with van der Waals surface area (Å²) in [7, 11) is 0. The molecule has 118 valence electrons. The molecule has 0 spiro atoms. The Kier molecular flexibility index (Phi) is 6.37. The second-order valence-electron chi connectivity index (χ2n) is 6.66. The van der Waals surface area contributed by atoms with Gasteiger partial charge in [0.25, 0.3) is 0 Å². The van der Waals surface area contributed by atoms with Gasteiger partial charge in [0.05, 0.1) is 6.10 Å². The van der Waals surface area contributed by atoms with Gasteiger partial charge in [-0.15, -0.1) is 0 Å². The van der Waals surface area contributed by atoms with Gasteiger partial charge in [0, 0.05) is 31.1 Å². The Balaban J connectivity index is 2.47. The van der Waals surface area contributed by atoms with Crippen LogP contribution in [0.3, 0.4) is 0 Å². The molecule has 1 atom stereocenters. The number of anilines is 1. The normalized spacial score (nSPS) is 13.3. The first-order valence-corrected chi connectivity index (χ1v) is 7.47. The molecule has 1 rings (SSSR count). The van der Waals surface area contributed by atoms with Crippen LogP contribution < -0.4 is 10.6 Å². The minimum Gasteiger partial charge on any atom is -0.392 e. The maximum absolute atomic E-state index is 11.0. The molecule has 4 nitrogen and oxygen atoms in total. The van der Waals surface area contributed by atoms with Crippen LogP contribution in [0.5, 0.6) is 0 Å². The summed E-state index contributed by atoms with van der Waals surface area (Å²) in [5.74, 6) is 0.184. The third-order valence-corrected chi connectivity index (χ3v) is 3.62. The summed E-state index contributed by atoms with van der Waals surface area (Å²) in [5, 5.41) is 16.3. The van der Waals surface area contributed by atoms with Crippen LogP contribution in [0.25, 0.3) is 0 Å². The van der Waals surface area contributed by atoms with Crippen molar-refractivity contribution in [3.63, 3.8) is 0 Å². The molecular weight excluding hydrogens is 264 g/mol. The van der Waals surface area contributed by atoms with Gasteiger partial charge in [0.2, 0.25) is 5.91 Å². The van der Waals surface area contributed by atoms with Crippen molar-refractivity contribution in [3.8, 4) is 0 Å². The first kappa shape index (κ1) is 17.7. The molecule has 0 bridgehead atoms. The van der Waals surface area contributed by atoms with Gasteiger partial charge in [-0.1, -0.05) is 39.8 Å². The van der Waals surface area contributed by atoms with E-state index < -0.39 is 0 Å². The highest BCUT2D eigenvalue weighted by Crippen LogP contribution is 2.25. The molecule has 4 heteroatoms. The van der Waals surface area contributed by atoms with Gasteiger partial charge in [-0.2, -0.15) is 0 Å². The maximum Gasteiger partial charge on any atom is 0.221 e. The molecule has 0 aliphatic rings. The van der Waals surface area contributed by atoms with Crippen LogP contribution in [0, 0.1) is 11.3 Å². The number of nitrogens with one attached hydrogen (secondary N) is 2. The summed E-state index contributed by atoms with van der Waals surface area (Å²) in [6, 6.07) is 7.77. The number of amides is 1. The fourth-order valence-electron chi connectivity index (χ4n) is 2.45. The zero-order valence-corrected chi connectivity index (χ0v) is 13.7. The third kappa shape index (κ3) is 5.86. The Bertz CT molecular complexity index is 452. The van der Waals surface area contributed by atoms with Crippen molar-refractivity contribution < 1.29 is 9.90 Å². The number of aliphatic hydroxyl groups excluding tert-OH is 1. The van der Waals surface area contributed by atoms with Crippen molar-refractivity contribution in [1.82, 2.24) is 5.32 Å². The number of hydrogen-bond acceptors (Lipinski definition) is 3. The number of benzene rings is 1. The van der Waals surface area contributed by atoms with Gasteiger partial charge in [-0.25, -0.2) is 0 Å². The lowest BCUT2D eigenvalue weighted by Crippen LogP contribution is -2.41. The van der Waals surface area contributed by atoms with E-state index in [1.807, 2.05) is 38.1 Å². The number of carbonyl (C=O) groups is 1. The van der Waals surface area contributed by atoms with E-state index in [0.717, 1.165) is 24.3 Å². The van der Waals surface area contributed by atoms with E-state index in [0.29, 0.717) is 0 Å². The molecule has 0 aliphatic heterocycles. The SMILES string of the molecule is CC(=O)Nc1ccc(CNCC(C)(C)C(O)C(C)C)cc1. The Hall–Kier alpha value is -1.39. The van der Waals surface area contributed by atoms with Gasteiger partial charge in [-0.3, -0.25) is 4.79 Å².